The molecule has 0 spiro atoms. The van der Waals surface area contributed by atoms with Crippen LogP contribution >= 0.6 is 0 Å². The zero-order valence-corrected chi connectivity index (χ0v) is 55.1. The van der Waals surface area contributed by atoms with E-state index >= 15 is 0 Å². The van der Waals surface area contributed by atoms with Gasteiger partial charge in [-0.3, -0.25) is 9.59 Å². The number of aliphatic hydroxyl groups is 5. The van der Waals surface area contributed by atoms with Gasteiger partial charge in [0.15, 0.2) is 6.29 Å². The first-order chi connectivity index (χ1) is 41.2. The summed E-state index contributed by atoms with van der Waals surface area (Å²) in [5.41, 5.74) is 0. The summed E-state index contributed by atoms with van der Waals surface area (Å²) in [7, 11) is 0. The van der Waals surface area contributed by atoms with Gasteiger partial charge in [-0.25, -0.2) is 0 Å². The van der Waals surface area contributed by atoms with Gasteiger partial charge >= 0.3 is 5.97 Å². The maximum atomic E-state index is 13.1. The van der Waals surface area contributed by atoms with Gasteiger partial charge in [0, 0.05) is 12.8 Å². The fourth-order valence-corrected chi connectivity index (χ4v) is 11.8. The van der Waals surface area contributed by atoms with Gasteiger partial charge in [0.05, 0.1) is 32.0 Å². The van der Waals surface area contributed by atoms with E-state index < -0.39 is 49.5 Å². The lowest BCUT2D eigenvalue weighted by Crippen LogP contribution is -2.60. The monoisotopic (exact) mass is 1190 g/mol. The molecule has 7 atom stereocenters. The SMILES string of the molecule is CCCCCCCCCCCCCC/C=C/C(O)C(COC1OC(CO)C(O)C(O)C1O)NC(=O)CCCCCCCCCCCCCCCCC/C=C\CCCCCCCCCCCCCCOC(=O)CCCCCCCCCCCCC. The first-order valence-electron chi connectivity index (χ1n) is 36.6. The Bertz CT molecular complexity index is 1440. The van der Waals surface area contributed by atoms with Crippen molar-refractivity contribution in [1.29, 1.82) is 0 Å². The molecule has 0 radical (unpaired) electrons. The van der Waals surface area contributed by atoms with Crippen LogP contribution in [-0.4, -0.2) is 100 Å². The molecule has 1 aliphatic heterocycles. The number of carbonyl (C=O) groups excluding carboxylic acids is 2. The predicted octanol–water partition coefficient (Wildman–Crippen LogP) is 18.8. The van der Waals surface area contributed by atoms with Crippen molar-refractivity contribution in [2.45, 2.75) is 410 Å². The molecule has 11 nitrogen and oxygen atoms in total. The summed E-state index contributed by atoms with van der Waals surface area (Å²) in [4.78, 5) is 25.1. The smallest absolute Gasteiger partial charge is 0.305 e. The fraction of sp³-hybridized carbons (Fsp3) is 0.918. The number of hydrogen-bond acceptors (Lipinski definition) is 10. The molecule has 11 heteroatoms. The Morgan fingerprint density at radius 2 is 0.762 bits per heavy atom. The zero-order chi connectivity index (χ0) is 60.9. The lowest BCUT2D eigenvalue weighted by molar-refractivity contribution is -0.302. The highest BCUT2D eigenvalue weighted by Gasteiger charge is 2.44. The van der Waals surface area contributed by atoms with Crippen LogP contribution in [0.25, 0.3) is 0 Å². The number of esters is 1. The summed E-state index contributed by atoms with van der Waals surface area (Å²) in [5.74, 6) is -0.167. The lowest BCUT2D eigenvalue weighted by Gasteiger charge is -2.40. The van der Waals surface area contributed by atoms with Crippen molar-refractivity contribution >= 4 is 11.9 Å². The number of allylic oxidation sites excluding steroid dienone is 3. The summed E-state index contributed by atoms with van der Waals surface area (Å²) < 4.78 is 16.8. The summed E-state index contributed by atoms with van der Waals surface area (Å²) >= 11 is 0. The fourth-order valence-electron chi connectivity index (χ4n) is 11.8. The largest absolute Gasteiger partial charge is 0.466 e. The van der Waals surface area contributed by atoms with Crippen molar-refractivity contribution in [1.82, 2.24) is 5.32 Å². The van der Waals surface area contributed by atoms with Crippen molar-refractivity contribution in [2.75, 3.05) is 19.8 Å². The molecule has 1 saturated heterocycles. The van der Waals surface area contributed by atoms with Gasteiger partial charge < -0.3 is 45.1 Å². The molecule has 0 aromatic heterocycles. The second-order valence-corrected chi connectivity index (χ2v) is 25.7. The van der Waals surface area contributed by atoms with E-state index in [1.807, 2.05) is 6.08 Å². The molecule has 0 bridgehead atoms. The number of carbonyl (C=O) groups is 2. The van der Waals surface area contributed by atoms with Crippen LogP contribution in [-0.2, 0) is 23.8 Å². The van der Waals surface area contributed by atoms with Gasteiger partial charge in [-0.05, 0) is 57.8 Å². The van der Waals surface area contributed by atoms with E-state index in [0.29, 0.717) is 19.4 Å². The average molecular weight is 1190 g/mol. The van der Waals surface area contributed by atoms with Gasteiger partial charge in [0.2, 0.25) is 5.91 Å². The van der Waals surface area contributed by atoms with Crippen molar-refractivity contribution < 1.29 is 49.3 Å². The van der Waals surface area contributed by atoms with Crippen LogP contribution in [0, 0.1) is 0 Å². The van der Waals surface area contributed by atoms with Crippen LogP contribution < -0.4 is 5.32 Å². The minimum atomic E-state index is -1.57. The molecule has 1 rings (SSSR count). The van der Waals surface area contributed by atoms with E-state index in [1.165, 1.54) is 289 Å². The highest BCUT2D eigenvalue weighted by Crippen LogP contribution is 2.23. The summed E-state index contributed by atoms with van der Waals surface area (Å²) in [6, 6.07) is -0.808. The number of amides is 1. The Labute approximate surface area is 518 Å². The van der Waals surface area contributed by atoms with Gasteiger partial charge in [-0.1, -0.05) is 321 Å². The summed E-state index contributed by atoms with van der Waals surface area (Å²) in [5, 5.41) is 54.6. The van der Waals surface area contributed by atoms with E-state index in [0.717, 1.165) is 51.4 Å². The average Bonchev–Trinajstić information content (AvgIpc) is 3.68. The number of aliphatic hydroxyl groups excluding tert-OH is 5. The van der Waals surface area contributed by atoms with E-state index in [2.05, 4.69) is 31.3 Å². The van der Waals surface area contributed by atoms with Crippen LogP contribution in [0.5, 0.6) is 0 Å². The van der Waals surface area contributed by atoms with Crippen LogP contribution in [0.2, 0.25) is 0 Å². The molecule has 1 fully saturated rings. The number of rotatable bonds is 65. The third-order valence-corrected chi connectivity index (χ3v) is 17.6. The quantitative estimate of drug-likeness (QED) is 0.0195. The highest BCUT2D eigenvalue weighted by molar-refractivity contribution is 5.76. The lowest BCUT2D eigenvalue weighted by atomic mass is 9.99. The number of unbranched alkanes of at least 4 members (excludes halogenated alkanes) is 49. The molecule has 0 aromatic rings. The molecule has 0 aromatic carbocycles. The second-order valence-electron chi connectivity index (χ2n) is 25.7. The van der Waals surface area contributed by atoms with E-state index in [1.54, 1.807) is 6.08 Å². The molecule has 1 heterocycles. The van der Waals surface area contributed by atoms with Crippen molar-refractivity contribution in [3.05, 3.63) is 24.3 Å². The van der Waals surface area contributed by atoms with Gasteiger partial charge in [0.1, 0.15) is 24.4 Å². The number of hydrogen-bond donors (Lipinski definition) is 6. The maximum absolute atomic E-state index is 13.1. The standard InChI is InChI=1S/C73H139NO10/c1-3-5-7-9-11-13-15-16-36-40-43-47-51-55-59-66(76)65(64-83-73-72(81)71(80)70(79)67(63-75)84-73)74-68(77)60-56-52-48-44-41-37-34-32-30-28-26-24-22-20-18-17-19-21-23-25-27-29-31-33-35-38-42-46-50-54-58-62-82-69(78)61-57-53-49-45-39-14-12-10-8-6-4-2/h19,21,55,59,65-67,70-73,75-76,79-81H,3-18,20,22-54,56-58,60-64H2,1-2H3,(H,74,77)/b21-19-,59-55+. The molecule has 1 aliphatic rings. The highest BCUT2D eigenvalue weighted by atomic mass is 16.7. The van der Waals surface area contributed by atoms with Crippen LogP contribution in [0.1, 0.15) is 367 Å². The Morgan fingerprint density at radius 1 is 0.429 bits per heavy atom. The van der Waals surface area contributed by atoms with Gasteiger partial charge in [0.25, 0.3) is 0 Å². The molecular weight excluding hydrogens is 1050 g/mol. The predicted molar refractivity (Wildman–Crippen MR) is 352 cm³/mol. The number of ether oxygens (including phenoxy) is 3. The first-order valence-corrected chi connectivity index (χ1v) is 36.6. The van der Waals surface area contributed by atoms with Gasteiger partial charge in [-0.15, -0.1) is 0 Å². The van der Waals surface area contributed by atoms with E-state index in [9.17, 15) is 35.1 Å². The van der Waals surface area contributed by atoms with Crippen molar-refractivity contribution in [3.63, 3.8) is 0 Å². The van der Waals surface area contributed by atoms with Crippen LogP contribution in [0.4, 0.5) is 0 Å². The van der Waals surface area contributed by atoms with E-state index in [4.69, 9.17) is 14.2 Å². The van der Waals surface area contributed by atoms with Crippen LogP contribution in [0.15, 0.2) is 24.3 Å². The summed E-state index contributed by atoms with van der Waals surface area (Å²) in [6.07, 6.45) is 68.8. The second kappa shape index (κ2) is 62.7. The molecule has 1 amide bonds. The maximum Gasteiger partial charge on any atom is 0.305 e. The van der Waals surface area contributed by atoms with Crippen molar-refractivity contribution in [3.8, 4) is 0 Å². The molecule has 84 heavy (non-hydrogen) atoms. The normalized spacial score (nSPS) is 18.1. The summed E-state index contributed by atoms with van der Waals surface area (Å²) in [6.45, 7) is 4.39. The molecule has 0 saturated carbocycles. The minimum Gasteiger partial charge on any atom is -0.466 e. The Kier molecular flexibility index (Phi) is 59.9. The van der Waals surface area contributed by atoms with Crippen molar-refractivity contribution in [2.24, 2.45) is 0 Å². The third kappa shape index (κ3) is 51.1. The van der Waals surface area contributed by atoms with E-state index in [-0.39, 0.29) is 18.5 Å². The van der Waals surface area contributed by atoms with Crippen LogP contribution in [0.3, 0.4) is 0 Å². The Morgan fingerprint density at radius 3 is 1.14 bits per heavy atom. The molecule has 0 aliphatic carbocycles. The number of nitrogens with one attached hydrogen (secondary N) is 1. The Balaban J connectivity index is 1.97. The molecular formula is C73H139NO10. The minimum absolute atomic E-state index is 0.0100. The third-order valence-electron chi connectivity index (χ3n) is 17.6. The molecule has 496 valence electrons. The zero-order valence-electron chi connectivity index (χ0n) is 55.1. The Hall–Kier alpha value is -1.86. The topological polar surface area (TPSA) is 175 Å². The molecule has 6 N–H and O–H groups in total. The van der Waals surface area contributed by atoms with Gasteiger partial charge in [-0.2, -0.15) is 0 Å². The first kappa shape index (κ1) is 80.2. The molecule has 7 unspecified atom stereocenters.